The van der Waals surface area contributed by atoms with Crippen LogP contribution < -0.4 is 5.32 Å². The average Bonchev–Trinajstić information content (AvgIpc) is 2.54. The molecule has 1 N–H and O–H groups in total. The van der Waals surface area contributed by atoms with E-state index in [9.17, 15) is 0 Å². The van der Waals surface area contributed by atoms with Crippen molar-refractivity contribution in [3.8, 4) is 0 Å². The van der Waals surface area contributed by atoms with E-state index in [2.05, 4.69) is 24.1 Å². The van der Waals surface area contributed by atoms with Crippen molar-refractivity contribution in [2.45, 2.75) is 70.9 Å². The summed E-state index contributed by atoms with van der Waals surface area (Å²) < 4.78 is 0. The minimum Gasteiger partial charge on any atom is -0.313 e. The molecule has 0 amide bonds. The number of hydrogen-bond donors (Lipinski definition) is 1. The monoisotopic (exact) mass is 238 g/mol. The second-order valence-corrected chi connectivity index (χ2v) is 6.33. The van der Waals surface area contributed by atoms with Gasteiger partial charge in [0, 0.05) is 31.7 Å². The van der Waals surface area contributed by atoms with Crippen molar-refractivity contribution in [2.24, 2.45) is 5.92 Å². The van der Waals surface area contributed by atoms with Crippen LogP contribution >= 0.6 is 0 Å². The highest BCUT2D eigenvalue weighted by atomic mass is 15.2. The number of nitrogens with one attached hydrogen (secondary N) is 1. The molecule has 0 aromatic carbocycles. The fourth-order valence-corrected chi connectivity index (χ4v) is 3.59. The maximum Gasteiger partial charge on any atom is 0.0110 e. The fourth-order valence-electron chi connectivity index (χ4n) is 3.59. The predicted octanol–water partition coefficient (Wildman–Crippen LogP) is 3.03. The molecule has 1 saturated heterocycles. The molecule has 1 saturated carbocycles. The SMILES string of the molecule is CC1CC(C)N(CCNC2CCCCCC2)C1. The van der Waals surface area contributed by atoms with Gasteiger partial charge in [-0.3, -0.25) is 4.90 Å². The van der Waals surface area contributed by atoms with Crippen molar-refractivity contribution in [1.29, 1.82) is 0 Å². The minimum atomic E-state index is 0.806. The normalized spacial score (nSPS) is 32.8. The molecule has 17 heavy (non-hydrogen) atoms. The van der Waals surface area contributed by atoms with Crippen LogP contribution in [-0.2, 0) is 0 Å². The highest BCUT2D eigenvalue weighted by Crippen LogP contribution is 2.21. The summed E-state index contributed by atoms with van der Waals surface area (Å²) >= 11 is 0. The summed E-state index contributed by atoms with van der Waals surface area (Å²) in [5.41, 5.74) is 0. The van der Waals surface area contributed by atoms with E-state index in [0.29, 0.717) is 0 Å². The molecule has 0 spiro atoms. The van der Waals surface area contributed by atoms with Crippen LogP contribution in [0.25, 0.3) is 0 Å². The molecule has 2 unspecified atom stereocenters. The zero-order valence-corrected chi connectivity index (χ0v) is 11.8. The summed E-state index contributed by atoms with van der Waals surface area (Å²) in [5, 5.41) is 3.78. The maximum absolute atomic E-state index is 3.78. The maximum atomic E-state index is 3.78. The molecule has 2 heteroatoms. The summed E-state index contributed by atoms with van der Waals surface area (Å²) in [6, 6.07) is 1.62. The number of nitrogens with zero attached hydrogens (tertiary/aromatic N) is 1. The molecular formula is C15H30N2. The van der Waals surface area contributed by atoms with Gasteiger partial charge < -0.3 is 5.32 Å². The van der Waals surface area contributed by atoms with Crippen LogP contribution in [0.4, 0.5) is 0 Å². The lowest BCUT2D eigenvalue weighted by atomic mass is 10.1. The molecule has 2 fully saturated rings. The van der Waals surface area contributed by atoms with Crippen molar-refractivity contribution >= 4 is 0 Å². The lowest BCUT2D eigenvalue weighted by molar-refractivity contribution is 0.258. The second-order valence-electron chi connectivity index (χ2n) is 6.33. The molecule has 2 nitrogen and oxygen atoms in total. The third kappa shape index (κ3) is 4.26. The Bertz CT molecular complexity index is 209. The summed E-state index contributed by atoms with van der Waals surface area (Å²) in [4.78, 5) is 2.66. The first kappa shape index (κ1) is 13.4. The molecule has 0 aromatic heterocycles. The van der Waals surface area contributed by atoms with E-state index in [-0.39, 0.29) is 0 Å². The van der Waals surface area contributed by atoms with Gasteiger partial charge >= 0.3 is 0 Å². The van der Waals surface area contributed by atoms with E-state index in [0.717, 1.165) is 18.0 Å². The average molecular weight is 238 g/mol. The summed E-state index contributed by atoms with van der Waals surface area (Å²) in [5.74, 6) is 0.905. The van der Waals surface area contributed by atoms with E-state index >= 15 is 0 Å². The fraction of sp³-hybridized carbons (Fsp3) is 1.00. The van der Waals surface area contributed by atoms with Gasteiger partial charge in [-0.1, -0.05) is 32.6 Å². The molecule has 1 aliphatic carbocycles. The standard InChI is InChI=1S/C15H30N2/c1-13-11-14(2)17(12-13)10-9-16-15-7-5-3-4-6-8-15/h13-16H,3-12H2,1-2H3. The highest BCUT2D eigenvalue weighted by Gasteiger charge is 2.25. The Balaban J connectivity index is 1.61. The summed E-state index contributed by atoms with van der Waals surface area (Å²) in [6.07, 6.45) is 10.0. The second kappa shape index (κ2) is 6.75. The molecule has 2 aliphatic rings. The van der Waals surface area contributed by atoms with Gasteiger partial charge in [-0.05, 0) is 32.1 Å². The van der Waals surface area contributed by atoms with Gasteiger partial charge in [0.15, 0.2) is 0 Å². The van der Waals surface area contributed by atoms with E-state index in [1.807, 2.05) is 0 Å². The molecule has 0 bridgehead atoms. The third-order valence-electron chi connectivity index (χ3n) is 4.60. The van der Waals surface area contributed by atoms with Crippen LogP contribution in [0.5, 0.6) is 0 Å². The van der Waals surface area contributed by atoms with Crippen molar-refractivity contribution in [3.63, 3.8) is 0 Å². The largest absolute Gasteiger partial charge is 0.313 e. The van der Waals surface area contributed by atoms with Crippen LogP contribution in [-0.4, -0.2) is 36.6 Å². The Morgan fingerprint density at radius 2 is 1.76 bits per heavy atom. The summed E-state index contributed by atoms with van der Waals surface area (Å²) in [6.45, 7) is 8.53. The number of hydrogen-bond acceptors (Lipinski definition) is 2. The van der Waals surface area contributed by atoms with E-state index in [1.54, 1.807) is 0 Å². The first-order valence-electron chi connectivity index (χ1n) is 7.73. The molecule has 2 atom stereocenters. The zero-order valence-electron chi connectivity index (χ0n) is 11.8. The van der Waals surface area contributed by atoms with Crippen LogP contribution in [0.3, 0.4) is 0 Å². The lowest BCUT2D eigenvalue weighted by Crippen LogP contribution is -2.38. The Morgan fingerprint density at radius 1 is 1.06 bits per heavy atom. The molecule has 100 valence electrons. The van der Waals surface area contributed by atoms with Crippen molar-refractivity contribution in [2.75, 3.05) is 19.6 Å². The van der Waals surface area contributed by atoms with Crippen LogP contribution in [0.15, 0.2) is 0 Å². The third-order valence-corrected chi connectivity index (χ3v) is 4.60. The quantitative estimate of drug-likeness (QED) is 0.757. The topological polar surface area (TPSA) is 15.3 Å². The van der Waals surface area contributed by atoms with Gasteiger partial charge in [0.1, 0.15) is 0 Å². The zero-order chi connectivity index (χ0) is 12.1. The molecule has 2 rings (SSSR count). The van der Waals surface area contributed by atoms with Gasteiger partial charge in [0.25, 0.3) is 0 Å². The van der Waals surface area contributed by atoms with Crippen molar-refractivity contribution < 1.29 is 0 Å². The Morgan fingerprint density at radius 3 is 2.35 bits per heavy atom. The molecule has 0 aromatic rings. The van der Waals surface area contributed by atoms with Gasteiger partial charge in [0.2, 0.25) is 0 Å². The Hall–Kier alpha value is -0.0800. The van der Waals surface area contributed by atoms with Crippen molar-refractivity contribution in [1.82, 2.24) is 10.2 Å². The minimum absolute atomic E-state index is 0.806. The molecular weight excluding hydrogens is 208 g/mol. The smallest absolute Gasteiger partial charge is 0.0110 e. The number of rotatable bonds is 4. The highest BCUT2D eigenvalue weighted by molar-refractivity contribution is 4.81. The number of likely N-dealkylation sites (tertiary alicyclic amines) is 1. The van der Waals surface area contributed by atoms with E-state index in [1.165, 1.54) is 64.6 Å². The first-order chi connectivity index (χ1) is 8.25. The van der Waals surface area contributed by atoms with Gasteiger partial charge in [0.05, 0.1) is 0 Å². The predicted molar refractivity (Wildman–Crippen MR) is 74.3 cm³/mol. The lowest BCUT2D eigenvalue weighted by Gasteiger charge is -2.23. The van der Waals surface area contributed by atoms with E-state index in [4.69, 9.17) is 0 Å². The van der Waals surface area contributed by atoms with Crippen LogP contribution in [0.2, 0.25) is 0 Å². The molecule has 1 aliphatic heterocycles. The molecule has 0 radical (unpaired) electrons. The Kier molecular flexibility index (Phi) is 5.30. The van der Waals surface area contributed by atoms with Crippen LogP contribution in [0, 0.1) is 5.92 Å². The Labute approximate surface area is 107 Å². The van der Waals surface area contributed by atoms with Gasteiger partial charge in [-0.25, -0.2) is 0 Å². The summed E-state index contributed by atoms with van der Waals surface area (Å²) in [7, 11) is 0. The van der Waals surface area contributed by atoms with Crippen molar-refractivity contribution in [3.05, 3.63) is 0 Å². The first-order valence-corrected chi connectivity index (χ1v) is 7.73. The van der Waals surface area contributed by atoms with Crippen LogP contribution in [0.1, 0.15) is 58.8 Å². The molecule has 1 heterocycles. The van der Waals surface area contributed by atoms with Gasteiger partial charge in [-0.2, -0.15) is 0 Å². The van der Waals surface area contributed by atoms with E-state index < -0.39 is 0 Å². The van der Waals surface area contributed by atoms with Gasteiger partial charge in [-0.15, -0.1) is 0 Å².